The Morgan fingerprint density at radius 2 is 1.78 bits per heavy atom. The molecule has 0 amide bonds. The molecule has 2 aliphatic heterocycles. The third-order valence-electron chi connectivity index (χ3n) is 4.71. The van der Waals surface area contributed by atoms with Crippen molar-refractivity contribution in [3.63, 3.8) is 0 Å². The standard InChI is InChI=1S/C16H23NO/c1-2-10-17-14-8-9-15(17)12-16(18,11-14)13-6-4-3-5-7-13/h3-7,14-15,18H,2,8-12H2,1H3/t14-,15+,16?. The number of nitrogens with zero attached hydrogens (tertiary/aromatic N) is 1. The molecule has 1 unspecified atom stereocenters. The largest absolute Gasteiger partial charge is 0.385 e. The predicted molar refractivity (Wildman–Crippen MR) is 73.4 cm³/mol. The van der Waals surface area contributed by atoms with Crippen molar-refractivity contribution in [3.8, 4) is 0 Å². The first-order valence-electron chi connectivity index (χ1n) is 7.26. The Bertz CT molecular complexity index is 389. The Kier molecular flexibility index (Phi) is 3.16. The molecule has 0 aromatic heterocycles. The molecular weight excluding hydrogens is 222 g/mol. The minimum atomic E-state index is -0.586. The van der Waals surface area contributed by atoms with Gasteiger partial charge in [-0.2, -0.15) is 0 Å². The molecule has 0 radical (unpaired) electrons. The monoisotopic (exact) mass is 245 g/mol. The van der Waals surface area contributed by atoms with Gasteiger partial charge in [0.1, 0.15) is 0 Å². The topological polar surface area (TPSA) is 23.5 Å². The Morgan fingerprint density at radius 3 is 2.33 bits per heavy atom. The molecule has 0 saturated carbocycles. The third kappa shape index (κ3) is 1.98. The Labute approximate surface area is 110 Å². The highest BCUT2D eigenvalue weighted by Gasteiger charge is 2.47. The van der Waals surface area contributed by atoms with E-state index in [-0.39, 0.29) is 0 Å². The first-order valence-corrected chi connectivity index (χ1v) is 7.26. The maximum Gasteiger partial charge on any atom is 0.0926 e. The van der Waals surface area contributed by atoms with E-state index >= 15 is 0 Å². The van der Waals surface area contributed by atoms with Crippen LogP contribution in [-0.4, -0.2) is 28.6 Å². The van der Waals surface area contributed by atoms with Crippen LogP contribution in [-0.2, 0) is 5.60 Å². The molecule has 2 saturated heterocycles. The molecule has 0 spiro atoms. The Morgan fingerprint density at radius 1 is 1.17 bits per heavy atom. The molecule has 3 atom stereocenters. The first-order chi connectivity index (χ1) is 8.73. The van der Waals surface area contributed by atoms with Crippen molar-refractivity contribution in [3.05, 3.63) is 35.9 Å². The van der Waals surface area contributed by atoms with Gasteiger partial charge in [0.2, 0.25) is 0 Å². The fourth-order valence-electron chi connectivity index (χ4n) is 3.92. The molecular formula is C16H23NO. The second kappa shape index (κ2) is 4.67. The summed E-state index contributed by atoms with van der Waals surface area (Å²) in [7, 11) is 0. The van der Waals surface area contributed by atoms with Crippen molar-refractivity contribution in [1.29, 1.82) is 0 Å². The highest BCUT2D eigenvalue weighted by Crippen LogP contribution is 2.45. The summed E-state index contributed by atoms with van der Waals surface area (Å²) in [6.07, 6.45) is 5.57. The van der Waals surface area contributed by atoms with Crippen molar-refractivity contribution >= 4 is 0 Å². The number of benzene rings is 1. The van der Waals surface area contributed by atoms with E-state index in [1.807, 2.05) is 18.2 Å². The Hall–Kier alpha value is -0.860. The normalized spacial score (nSPS) is 35.9. The first kappa shape index (κ1) is 12.2. The molecule has 0 aliphatic carbocycles. The second-order valence-electron chi connectivity index (χ2n) is 5.93. The van der Waals surface area contributed by atoms with E-state index in [1.54, 1.807) is 0 Å². The summed E-state index contributed by atoms with van der Waals surface area (Å²) in [6, 6.07) is 11.4. The van der Waals surface area contributed by atoms with E-state index in [1.165, 1.54) is 25.8 Å². The summed E-state index contributed by atoms with van der Waals surface area (Å²) >= 11 is 0. The van der Waals surface area contributed by atoms with Crippen LogP contribution in [0.4, 0.5) is 0 Å². The van der Waals surface area contributed by atoms with Gasteiger partial charge in [-0.05, 0) is 44.2 Å². The molecule has 2 nitrogen and oxygen atoms in total. The summed E-state index contributed by atoms with van der Waals surface area (Å²) in [6.45, 7) is 3.44. The zero-order valence-corrected chi connectivity index (χ0v) is 11.2. The van der Waals surface area contributed by atoms with Gasteiger partial charge in [-0.15, -0.1) is 0 Å². The van der Waals surface area contributed by atoms with Crippen LogP contribution in [0.1, 0.15) is 44.6 Å². The van der Waals surface area contributed by atoms with Crippen LogP contribution in [0.25, 0.3) is 0 Å². The van der Waals surface area contributed by atoms with Gasteiger partial charge in [-0.1, -0.05) is 37.3 Å². The molecule has 2 heteroatoms. The number of hydrogen-bond acceptors (Lipinski definition) is 2. The van der Waals surface area contributed by atoms with Crippen LogP contribution in [0.5, 0.6) is 0 Å². The summed E-state index contributed by atoms with van der Waals surface area (Å²) in [5.74, 6) is 0. The third-order valence-corrected chi connectivity index (χ3v) is 4.71. The van der Waals surface area contributed by atoms with Gasteiger partial charge in [-0.25, -0.2) is 0 Å². The fourth-order valence-corrected chi connectivity index (χ4v) is 3.92. The molecule has 1 aromatic carbocycles. The van der Waals surface area contributed by atoms with Gasteiger partial charge in [0.05, 0.1) is 5.60 Å². The lowest BCUT2D eigenvalue weighted by Crippen LogP contribution is -2.49. The van der Waals surface area contributed by atoms with Gasteiger partial charge in [0, 0.05) is 12.1 Å². The average Bonchev–Trinajstić information content (AvgIpc) is 2.64. The number of rotatable bonds is 3. The number of aliphatic hydroxyl groups is 1. The smallest absolute Gasteiger partial charge is 0.0926 e. The number of hydrogen-bond donors (Lipinski definition) is 1. The lowest BCUT2D eigenvalue weighted by atomic mass is 9.80. The molecule has 2 bridgehead atoms. The van der Waals surface area contributed by atoms with Crippen molar-refractivity contribution in [1.82, 2.24) is 4.90 Å². The van der Waals surface area contributed by atoms with E-state index in [2.05, 4.69) is 24.0 Å². The zero-order valence-electron chi connectivity index (χ0n) is 11.2. The lowest BCUT2D eigenvalue weighted by molar-refractivity contribution is -0.0567. The molecule has 2 heterocycles. The van der Waals surface area contributed by atoms with Crippen molar-refractivity contribution in [2.75, 3.05) is 6.54 Å². The van der Waals surface area contributed by atoms with Crippen molar-refractivity contribution in [2.24, 2.45) is 0 Å². The number of fused-ring (bicyclic) bond motifs is 2. The number of piperidine rings is 1. The van der Waals surface area contributed by atoms with Crippen LogP contribution in [0.3, 0.4) is 0 Å². The molecule has 98 valence electrons. The maximum absolute atomic E-state index is 11.0. The van der Waals surface area contributed by atoms with E-state index in [9.17, 15) is 5.11 Å². The zero-order chi connectivity index (χ0) is 12.6. The molecule has 18 heavy (non-hydrogen) atoms. The highest BCUT2D eigenvalue weighted by molar-refractivity contribution is 5.24. The summed E-state index contributed by atoms with van der Waals surface area (Å²) < 4.78 is 0. The minimum absolute atomic E-state index is 0.586. The highest BCUT2D eigenvalue weighted by atomic mass is 16.3. The second-order valence-corrected chi connectivity index (χ2v) is 5.93. The van der Waals surface area contributed by atoms with Gasteiger partial charge in [0.25, 0.3) is 0 Å². The maximum atomic E-state index is 11.0. The van der Waals surface area contributed by atoms with E-state index in [0.29, 0.717) is 12.1 Å². The van der Waals surface area contributed by atoms with Gasteiger partial charge >= 0.3 is 0 Å². The van der Waals surface area contributed by atoms with Crippen LogP contribution < -0.4 is 0 Å². The molecule has 1 aromatic rings. The van der Waals surface area contributed by atoms with Crippen molar-refractivity contribution < 1.29 is 5.11 Å². The molecule has 2 fully saturated rings. The lowest BCUT2D eigenvalue weighted by Gasteiger charge is -2.44. The van der Waals surface area contributed by atoms with Crippen LogP contribution in [0.15, 0.2) is 30.3 Å². The minimum Gasteiger partial charge on any atom is -0.385 e. The summed E-state index contributed by atoms with van der Waals surface area (Å²) in [5, 5.41) is 11.0. The summed E-state index contributed by atoms with van der Waals surface area (Å²) in [5.41, 5.74) is 0.523. The van der Waals surface area contributed by atoms with Gasteiger partial charge in [0.15, 0.2) is 0 Å². The van der Waals surface area contributed by atoms with Crippen molar-refractivity contribution in [2.45, 2.75) is 56.7 Å². The molecule has 2 aliphatic rings. The van der Waals surface area contributed by atoms with Gasteiger partial charge in [-0.3, -0.25) is 4.90 Å². The molecule has 3 rings (SSSR count). The van der Waals surface area contributed by atoms with E-state index in [4.69, 9.17) is 0 Å². The van der Waals surface area contributed by atoms with E-state index in [0.717, 1.165) is 18.4 Å². The predicted octanol–water partition coefficient (Wildman–Crippen LogP) is 2.91. The summed E-state index contributed by atoms with van der Waals surface area (Å²) in [4.78, 5) is 2.64. The van der Waals surface area contributed by atoms with Crippen LogP contribution >= 0.6 is 0 Å². The average molecular weight is 245 g/mol. The fraction of sp³-hybridized carbons (Fsp3) is 0.625. The quantitative estimate of drug-likeness (QED) is 0.885. The van der Waals surface area contributed by atoms with Gasteiger partial charge < -0.3 is 5.11 Å². The van der Waals surface area contributed by atoms with Crippen LogP contribution in [0, 0.1) is 0 Å². The SMILES string of the molecule is CCCN1[C@@H]2CC[C@H]1CC(O)(c1ccccc1)C2. The molecule has 1 N–H and O–H groups in total. The Balaban J connectivity index is 1.83. The van der Waals surface area contributed by atoms with Crippen LogP contribution in [0.2, 0.25) is 0 Å². The van der Waals surface area contributed by atoms with E-state index < -0.39 is 5.60 Å².